The Morgan fingerprint density at radius 1 is 1.24 bits per heavy atom. The van der Waals surface area contributed by atoms with Crippen molar-refractivity contribution in [2.45, 2.75) is 45.6 Å². The molecular formula is C24H31FN2O2. The van der Waals surface area contributed by atoms with Crippen molar-refractivity contribution in [3.8, 4) is 5.75 Å². The zero-order valence-corrected chi connectivity index (χ0v) is 17.7. The summed E-state index contributed by atoms with van der Waals surface area (Å²) in [7, 11) is 0. The molecule has 1 saturated heterocycles. The van der Waals surface area contributed by atoms with Crippen LogP contribution in [0.15, 0.2) is 48.5 Å². The third-order valence-electron chi connectivity index (χ3n) is 5.42. The van der Waals surface area contributed by atoms with Gasteiger partial charge in [0.15, 0.2) is 6.10 Å². The highest BCUT2D eigenvalue weighted by atomic mass is 19.1. The lowest BCUT2D eigenvalue weighted by molar-refractivity contribution is -0.127. The van der Waals surface area contributed by atoms with E-state index in [1.165, 1.54) is 17.7 Å². The molecule has 0 spiro atoms. The van der Waals surface area contributed by atoms with Crippen LogP contribution < -0.4 is 15.0 Å². The molecule has 1 aliphatic heterocycles. The van der Waals surface area contributed by atoms with E-state index in [1.807, 2.05) is 18.2 Å². The monoisotopic (exact) mass is 398 g/mol. The molecule has 29 heavy (non-hydrogen) atoms. The number of nitrogens with one attached hydrogen (secondary N) is 1. The molecule has 156 valence electrons. The van der Waals surface area contributed by atoms with Crippen LogP contribution in [0.3, 0.4) is 0 Å². The van der Waals surface area contributed by atoms with Gasteiger partial charge in [-0.05, 0) is 66.6 Å². The average molecular weight is 399 g/mol. The van der Waals surface area contributed by atoms with E-state index in [-0.39, 0.29) is 17.1 Å². The maximum Gasteiger partial charge on any atom is 0.260 e. The lowest BCUT2D eigenvalue weighted by Gasteiger charge is -2.21. The van der Waals surface area contributed by atoms with Crippen molar-refractivity contribution < 1.29 is 13.9 Å². The van der Waals surface area contributed by atoms with Gasteiger partial charge in [0.05, 0.1) is 0 Å². The van der Waals surface area contributed by atoms with Gasteiger partial charge in [-0.15, -0.1) is 0 Å². The first-order valence-corrected chi connectivity index (χ1v) is 10.3. The van der Waals surface area contributed by atoms with Gasteiger partial charge in [-0.25, -0.2) is 4.39 Å². The molecule has 2 unspecified atom stereocenters. The first kappa shape index (κ1) is 21.2. The predicted molar refractivity (Wildman–Crippen MR) is 115 cm³/mol. The zero-order valence-electron chi connectivity index (χ0n) is 17.7. The largest absolute Gasteiger partial charge is 0.481 e. The molecule has 1 heterocycles. The molecular weight excluding hydrogens is 367 g/mol. The van der Waals surface area contributed by atoms with E-state index in [4.69, 9.17) is 4.74 Å². The van der Waals surface area contributed by atoms with Crippen LogP contribution in [0.2, 0.25) is 0 Å². The Morgan fingerprint density at radius 2 is 1.97 bits per heavy atom. The molecule has 0 radical (unpaired) electrons. The molecule has 2 aromatic carbocycles. The second-order valence-electron chi connectivity index (χ2n) is 8.86. The molecule has 0 aromatic heterocycles. The minimum absolute atomic E-state index is 0.0315. The summed E-state index contributed by atoms with van der Waals surface area (Å²) < 4.78 is 19.0. The topological polar surface area (TPSA) is 41.6 Å². The molecule has 2 aromatic rings. The fourth-order valence-electron chi connectivity index (χ4n) is 3.57. The lowest BCUT2D eigenvalue weighted by atomic mass is 9.87. The van der Waals surface area contributed by atoms with Gasteiger partial charge in [0.2, 0.25) is 0 Å². The maximum absolute atomic E-state index is 13.1. The summed E-state index contributed by atoms with van der Waals surface area (Å²) >= 11 is 0. The molecule has 0 saturated carbocycles. The third kappa shape index (κ3) is 5.72. The Bertz CT molecular complexity index is 830. The number of anilines is 1. The summed E-state index contributed by atoms with van der Waals surface area (Å²) in [6, 6.07) is 14.5. The van der Waals surface area contributed by atoms with Gasteiger partial charge in [-0.1, -0.05) is 32.9 Å². The molecule has 1 fully saturated rings. The van der Waals surface area contributed by atoms with Crippen LogP contribution in [0, 0.1) is 11.7 Å². The fourth-order valence-corrected chi connectivity index (χ4v) is 3.57. The minimum Gasteiger partial charge on any atom is -0.481 e. The van der Waals surface area contributed by atoms with E-state index in [9.17, 15) is 9.18 Å². The van der Waals surface area contributed by atoms with Crippen LogP contribution in [0.4, 0.5) is 10.1 Å². The first-order chi connectivity index (χ1) is 13.7. The van der Waals surface area contributed by atoms with Crippen molar-refractivity contribution in [3.63, 3.8) is 0 Å². The van der Waals surface area contributed by atoms with Gasteiger partial charge in [0.1, 0.15) is 11.6 Å². The van der Waals surface area contributed by atoms with E-state index < -0.39 is 6.10 Å². The Morgan fingerprint density at radius 3 is 2.66 bits per heavy atom. The average Bonchev–Trinajstić information content (AvgIpc) is 3.15. The van der Waals surface area contributed by atoms with Crippen LogP contribution >= 0.6 is 0 Å². The number of amides is 1. The Kier molecular flexibility index (Phi) is 6.46. The zero-order chi connectivity index (χ0) is 21.0. The number of hydrogen-bond donors (Lipinski definition) is 1. The van der Waals surface area contributed by atoms with Crippen molar-refractivity contribution >= 4 is 11.6 Å². The van der Waals surface area contributed by atoms with Gasteiger partial charge in [-0.3, -0.25) is 4.79 Å². The number of halogens is 1. The second-order valence-corrected chi connectivity index (χ2v) is 8.86. The van der Waals surface area contributed by atoms with Crippen LogP contribution in [0.1, 0.15) is 39.7 Å². The summed E-state index contributed by atoms with van der Waals surface area (Å²) in [5.74, 6) is 0.758. The van der Waals surface area contributed by atoms with Crippen LogP contribution in [0.25, 0.3) is 0 Å². The summed E-state index contributed by atoms with van der Waals surface area (Å²) in [5, 5.41) is 3.02. The number of carbonyl (C=O) groups is 1. The SMILES string of the molecule is CC(Oc1cccc(C(C)(C)C)c1)C(=O)NCC1CCN(c2ccc(F)cc2)C1. The maximum atomic E-state index is 13.1. The molecule has 1 aliphatic rings. The van der Waals surface area contributed by atoms with E-state index in [2.05, 4.69) is 37.1 Å². The van der Waals surface area contributed by atoms with E-state index in [0.717, 1.165) is 25.2 Å². The highest BCUT2D eigenvalue weighted by Gasteiger charge is 2.24. The fraction of sp³-hybridized carbons (Fsp3) is 0.458. The summed E-state index contributed by atoms with van der Waals surface area (Å²) in [4.78, 5) is 14.7. The number of hydrogen-bond acceptors (Lipinski definition) is 3. The molecule has 0 bridgehead atoms. The van der Waals surface area contributed by atoms with E-state index in [1.54, 1.807) is 19.1 Å². The van der Waals surface area contributed by atoms with Crippen LogP contribution in [-0.2, 0) is 10.2 Å². The first-order valence-electron chi connectivity index (χ1n) is 10.3. The number of carbonyl (C=O) groups excluding carboxylic acids is 1. The molecule has 1 amide bonds. The lowest BCUT2D eigenvalue weighted by Crippen LogP contribution is -2.39. The predicted octanol–water partition coefficient (Wildman–Crippen LogP) is 4.53. The molecule has 4 nitrogen and oxygen atoms in total. The van der Waals surface area contributed by atoms with Crippen molar-refractivity contribution in [3.05, 3.63) is 59.9 Å². The number of ether oxygens (including phenoxy) is 1. The minimum atomic E-state index is -0.556. The van der Waals surface area contributed by atoms with Gasteiger partial charge >= 0.3 is 0 Å². The number of rotatable bonds is 6. The quantitative estimate of drug-likeness (QED) is 0.777. The Labute approximate surface area is 173 Å². The third-order valence-corrected chi connectivity index (χ3v) is 5.42. The Balaban J connectivity index is 1.48. The van der Waals surface area contributed by atoms with Crippen LogP contribution in [0.5, 0.6) is 5.75 Å². The van der Waals surface area contributed by atoms with Gasteiger partial charge < -0.3 is 15.0 Å². The molecule has 2 atom stereocenters. The van der Waals surface area contributed by atoms with Crippen molar-refractivity contribution in [2.24, 2.45) is 5.92 Å². The van der Waals surface area contributed by atoms with E-state index >= 15 is 0 Å². The van der Waals surface area contributed by atoms with Crippen LogP contribution in [-0.4, -0.2) is 31.6 Å². The number of benzene rings is 2. The van der Waals surface area contributed by atoms with E-state index in [0.29, 0.717) is 18.2 Å². The number of nitrogens with zero attached hydrogens (tertiary/aromatic N) is 1. The second kappa shape index (κ2) is 8.85. The highest BCUT2D eigenvalue weighted by molar-refractivity contribution is 5.80. The van der Waals surface area contributed by atoms with Crippen molar-refractivity contribution in [2.75, 3.05) is 24.5 Å². The van der Waals surface area contributed by atoms with Gasteiger partial charge in [-0.2, -0.15) is 0 Å². The molecule has 3 rings (SSSR count). The van der Waals surface area contributed by atoms with Crippen molar-refractivity contribution in [1.29, 1.82) is 0 Å². The van der Waals surface area contributed by atoms with Gasteiger partial charge in [0.25, 0.3) is 5.91 Å². The Hall–Kier alpha value is -2.56. The van der Waals surface area contributed by atoms with Gasteiger partial charge in [0, 0.05) is 25.3 Å². The highest BCUT2D eigenvalue weighted by Crippen LogP contribution is 2.26. The summed E-state index contributed by atoms with van der Waals surface area (Å²) in [6.07, 6.45) is 0.445. The molecule has 5 heteroatoms. The smallest absolute Gasteiger partial charge is 0.260 e. The standard InChI is InChI=1S/C24H31FN2O2/c1-17(29-22-7-5-6-19(14-22)24(2,3)4)23(28)26-15-18-12-13-27(16-18)21-10-8-20(25)9-11-21/h5-11,14,17-18H,12-13,15-16H2,1-4H3,(H,26,28). The normalized spacial score (nSPS) is 17.8. The summed E-state index contributed by atoms with van der Waals surface area (Å²) in [5.41, 5.74) is 2.23. The summed E-state index contributed by atoms with van der Waals surface area (Å²) in [6.45, 7) is 10.6. The van der Waals surface area contributed by atoms with Crippen molar-refractivity contribution in [1.82, 2.24) is 5.32 Å². The molecule has 0 aliphatic carbocycles. The molecule has 1 N–H and O–H groups in total.